The molecule has 1 spiro atoms. The van der Waals surface area contributed by atoms with Crippen molar-refractivity contribution in [2.45, 2.75) is 57.2 Å². The van der Waals surface area contributed by atoms with Crippen LogP contribution >= 0.6 is 0 Å². The number of hydrogen-bond acceptors (Lipinski definition) is 4. The summed E-state index contributed by atoms with van der Waals surface area (Å²) in [5.74, 6) is -1.56. The van der Waals surface area contributed by atoms with Crippen molar-refractivity contribution < 1.29 is 24.5 Å². The normalized spacial score (nSPS) is 57.5. The monoisotopic (exact) mass is 332 g/mol. The zero-order valence-electron chi connectivity index (χ0n) is 14.0. The topological polar surface area (TPSA) is 83.8 Å². The first kappa shape index (κ1) is 14.9. The van der Waals surface area contributed by atoms with Crippen molar-refractivity contribution in [1.29, 1.82) is 0 Å². The van der Waals surface area contributed by atoms with Gasteiger partial charge in [-0.05, 0) is 50.4 Å². The summed E-state index contributed by atoms with van der Waals surface area (Å²) < 4.78 is 6.01. The van der Waals surface area contributed by atoms with Crippen LogP contribution in [-0.2, 0) is 14.3 Å². The first-order valence-corrected chi connectivity index (χ1v) is 9.06. The van der Waals surface area contributed by atoms with Gasteiger partial charge in [0.2, 0.25) is 0 Å². The highest BCUT2D eigenvalue weighted by Gasteiger charge is 2.82. The Labute approximate surface area is 141 Å². The molecule has 5 heteroatoms. The minimum atomic E-state index is -0.883. The number of hydrogen-bond donors (Lipinski definition) is 2. The molecule has 0 aromatic rings. The van der Waals surface area contributed by atoms with E-state index in [4.69, 9.17) is 4.74 Å². The Kier molecular flexibility index (Phi) is 2.53. The van der Waals surface area contributed by atoms with Crippen LogP contribution in [0.3, 0.4) is 0 Å². The van der Waals surface area contributed by atoms with Gasteiger partial charge in [0.05, 0.1) is 17.4 Å². The molecule has 0 aromatic carbocycles. The fourth-order valence-corrected chi connectivity index (χ4v) is 7.78. The van der Waals surface area contributed by atoms with E-state index < -0.39 is 29.0 Å². The number of carboxylic acid groups (broad SMARTS) is 1. The van der Waals surface area contributed by atoms with Gasteiger partial charge in [-0.25, -0.2) is 0 Å². The minimum absolute atomic E-state index is 0.0346. The fourth-order valence-electron chi connectivity index (χ4n) is 7.78. The Balaban J connectivity index is 1.75. The van der Waals surface area contributed by atoms with E-state index in [0.717, 1.165) is 25.7 Å². The molecule has 0 amide bonds. The standard InChI is InChI=1S/C19H24O5/c1-9-5-18-6-10(9)3-4-12(18)19-8-11(20)7-17(2,16(23)24-19)14(19)13(18)15(21)22/h10-14,20H,1,3-8H2,2H3,(H,21,22)/t10-,11-,12-,13-,14-,17-,18+,19-/m1/s1. The molecule has 4 aliphatic carbocycles. The van der Waals surface area contributed by atoms with Crippen molar-refractivity contribution in [2.75, 3.05) is 0 Å². The molecule has 5 nitrogen and oxygen atoms in total. The van der Waals surface area contributed by atoms with Gasteiger partial charge >= 0.3 is 11.9 Å². The fraction of sp³-hybridized carbons (Fsp3) is 0.789. The average molecular weight is 332 g/mol. The van der Waals surface area contributed by atoms with Crippen LogP contribution in [0.4, 0.5) is 0 Å². The molecule has 0 aromatic heterocycles. The van der Waals surface area contributed by atoms with Crippen molar-refractivity contribution in [3.63, 3.8) is 0 Å². The third kappa shape index (κ3) is 1.36. The maximum absolute atomic E-state index is 12.7. The van der Waals surface area contributed by atoms with Crippen molar-refractivity contribution in [2.24, 2.45) is 34.5 Å². The van der Waals surface area contributed by atoms with Gasteiger partial charge in [0.1, 0.15) is 5.60 Å². The summed E-state index contributed by atoms with van der Waals surface area (Å²) in [5, 5.41) is 20.6. The van der Waals surface area contributed by atoms with Crippen LogP contribution in [0.15, 0.2) is 12.2 Å². The quantitative estimate of drug-likeness (QED) is 0.568. The molecule has 5 fully saturated rings. The number of aliphatic hydroxyl groups excluding tert-OH is 1. The molecule has 1 saturated heterocycles. The van der Waals surface area contributed by atoms with E-state index in [9.17, 15) is 19.8 Å². The molecule has 1 aliphatic heterocycles. The number of ether oxygens (including phenoxy) is 1. The third-order valence-corrected chi connectivity index (χ3v) is 8.24. The van der Waals surface area contributed by atoms with E-state index in [1.807, 2.05) is 6.92 Å². The molecule has 1 heterocycles. The Hall–Kier alpha value is -1.36. The van der Waals surface area contributed by atoms with E-state index >= 15 is 0 Å². The summed E-state index contributed by atoms with van der Waals surface area (Å²) >= 11 is 0. The summed E-state index contributed by atoms with van der Waals surface area (Å²) in [4.78, 5) is 25.1. The summed E-state index contributed by atoms with van der Waals surface area (Å²) in [6.07, 6.45) is 3.58. The summed E-state index contributed by atoms with van der Waals surface area (Å²) in [5.41, 5.74) is -0.844. The lowest BCUT2D eigenvalue weighted by molar-refractivity contribution is -0.161. The number of aliphatic hydroxyl groups is 1. The molecular weight excluding hydrogens is 308 g/mol. The first-order valence-electron chi connectivity index (χ1n) is 9.06. The summed E-state index contributed by atoms with van der Waals surface area (Å²) in [6.45, 7) is 6.03. The zero-order valence-corrected chi connectivity index (χ0v) is 14.0. The number of fused-ring (bicyclic) bond motifs is 1. The lowest BCUT2D eigenvalue weighted by Gasteiger charge is -2.44. The molecule has 5 rings (SSSR count). The molecule has 5 aliphatic rings. The van der Waals surface area contributed by atoms with Crippen molar-refractivity contribution in [3.8, 4) is 0 Å². The van der Waals surface area contributed by atoms with Crippen LogP contribution in [-0.4, -0.2) is 33.9 Å². The van der Waals surface area contributed by atoms with E-state index in [2.05, 4.69) is 6.58 Å². The molecule has 8 atom stereocenters. The van der Waals surface area contributed by atoms with E-state index in [1.165, 1.54) is 5.57 Å². The van der Waals surface area contributed by atoms with E-state index in [0.29, 0.717) is 18.8 Å². The van der Waals surface area contributed by atoms with Crippen LogP contribution in [0.2, 0.25) is 0 Å². The Morgan fingerprint density at radius 2 is 2.04 bits per heavy atom. The number of aliphatic carboxylic acids is 1. The average Bonchev–Trinajstić information content (AvgIpc) is 2.92. The lowest BCUT2D eigenvalue weighted by Crippen LogP contribution is -2.51. The van der Waals surface area contributed by atoms with Gasteiger partial charge in [0, 0.05) is 18.3 Å². The molecule has 130 valence electrons. The van der Waals surface area contributed by atoms with Crippen molar-refractivity contribution in [1.82, 2.24) is 0 Å². The van der Waals surface area contributed by atoms with E-state index in [-0.39, 0.29) is 23.2 Å². The second-order valence-corrected chi connectivity index (χ2v) is 9.22. The molecule has 4 bridgehead atoms. The highest BCUT2D eigenvalue weighted by atomic mass is 16.6. The largest absolute Gasteiger partial charge is 0.481 e. The number of carbonyl (C=O) groups excluding carboxylic acids is 1. The zero-order chi connectivity index (χ0) is 17.1. The SMILES string of the molecule is C=C1C[C@]23C[C@H]1CC[C@H]2[C@@]12C[C@H](O)C[C@@](C)(C(=O)O1)[C@H]2[C@@H]3C(=O)O. The number of rotatable bonds is 1. The number of carbonyl (C=O) groups is 2. The smallest absolute Gasteiger partial charge is 0.312 e. The second kappa shape index (κ2) is 4.06. The van der Waals surface area contributed by atoms with Gasteiger partial charge in [0.15, 0.2) is 0 Å². The number of carboxylic acids is 1. The van der Waals surface area contributed by atoms with E-state index in [1.54, 1.807) is 0 Å². The predicted octanol–water partition coefficient (Wildman–Crippen LogP) is 2.14. The Bertz CT molecular complexity index is 685. The molecule has 24 heavy (non-hydrogen) atoms. The molecule has 0 unspecified atom stereocenters. The summed E-state index contributed by atoms with van der Waals surface area (Å²) in [7, 11) is 0. The first-order chi connectivity index (χ1) is 11.2. The van der Waals surface area contributed by atoms with Gasteiger partial charge in [-0.2, -0.15) is 0 Å². The Morgan fingerprint density at radius 3 is 2.75 bits per heavy atom. The van der Waals surface area contributed by atoms with Crippen molar-refractivity contribution >= 4 is 11.9 Å². The highest BCUT2D eigenvalue weighted by Crippen LogP contribution is 2.77. The van der Waals surface area contributed by atoms with Gasteiger partial charge in [-0.1, -0.05) is 12.2 Å². The predicted molar refractivity (Wildman–Crippen MR) is 83.8 cm³/mol. The highest BCUT2D eigenvalue weighted by molar-refractivity contribution is 5.84. The number of esters is 1. The Morgan fingerprint density at radius 1 is 1.29 bits per heavy atom. The van der Waals surface area contributed by atoms with Crippen molar-refractivity contribution in [3.05, 3.63) is 12.2 Å². The third-order valence-electron chi connectivity index (χ3n) is 8.24. The van der Waals surface area contributed by atoms with Crippen LogP contribution in [0.25, 0.3) is 0 Å². The molecule has 4 saturated carbocycles. The maximum atomic E-state index is 12.7. The molecule has 0 radical (unpaired) electrons. The minimum Gasteiger partial charge on any atom is -0.481 e. The van der Waals surface area contributed by atoms with Crippen LogP contribution in [0.5, 0.6) is 0 Å². The molecular formula is C19H24O5. The van der Waals surface area contributed by atoms with Crippen LogP contribution < -0.4 is 0 Å². The van der Waals surface area contributed by atoms with Gasteiger partial charge in [-0.3, -0.25) is 9.59 Å². The maximum Gasteiger partial charge on any atom is 0.312 e. The van der Waals surface area contributed by atoms with Gasteiger partial charge in [-0.15, -0.1) is 0 Å². The second-order valence-electron chi connectivity index (χ2n) is 9.22. The van der Waals surface area contributed by atoms with Gasteiger partial charge < -0.3 is 14.9 Å². The molecule has 2 N–H and O–H groups in total. The van der Waals surface area contributed by atoms with Crippen LogP contribution in [0, 0.1) is 34.5 Å². The van der Waals surface area contributed by atoms with Crippen LogP contribution in [0.1, 0.15) is 45.4 Å². The van der Waals surface area contributed by atoms with Gasteiger partial charge in [0.25, 0.3) is 0 Å². The summed E-state index contributed by atoms with van der Waals surface area (Å²) in [6, 6.07) is 0. The number of allylic oxidation sites excluding steroid dienone is 1. The lowest BCUT2D eigenvalue weighted by atomic mass is 9.59.